The minimum absolute atomic E-state index is 0.0368. The Morgan fingerprint density at radius 3 is 1.96 bits per heavy atom. The van der Waals surface area contributed by atoms with Gasteiger partial charge in [0.25, 0.3) is 0 Å². The van der Waals surface area contributed by atoms with E-state index in [0.717, 1.165) is 32.2 Å². The van der Waals surface area contributed by atoms with Gasteiger partial charge in [-0.1, -0.05) is 0 Å². The molecule has 1 aliphatic carbocycles. The van der Waals surface area contributed by atoms with Crippen LogP contribution >= 0.6 is 0 Å². The quantitative estimate of drug-likeness (QED) is 0.765. The van der Waals surface area contributed by atoms with Gasteiger partial charge in [0.2, 0.25) is 17.7 Å². The Morgan fingerprint density at radius 2 is 1.44 bits per heavy atom. The van der Waals surface area contributed by atoms with Gasteiger partial charge in [-0.2, -0.15) is 0 Å². The van der Waals surface area contributed by atoms with E-state index >= 15 is 0 Å². The van der Waals surface area contributed by atoms with Crippen molar-refractivity contribution in [1.82, 2.24) is 20.0 Å². The van der Waals surface area contributed by atoms with E-state index in [1.54, 1.807) is 11.8 Å². The van der Waals surface area contributed by atoms with Gasteiger partial charge in [0.05, 0.1) is 0 Å². The van der Waals surface area contributed by atoms with Crippen molar-refractivity contribution in [3.05, 3.63) is 0 Å². The van der Waals surface area contributed by atoms with Gasteiger partial charge in [-0.3, -0.25) is 14.4 Å². The Hall–Kier alpha value is -1.63. The molecule has 3 amide bonds. The first-order chi connectivity index (χ1) is 11.9. The van der Waals surface area contributed by atoms with Crippen molar-refractivity contribution < 1.29 is 14.4 Å². The van der Waals surface area contributed by atoms with Gasteiger partial charge >= 0.3 is 0 Å². The molecular weight excluding hydrogens is 320 g/mol. The van der Waals surface area contributed by atoms with Crippen LogP contribution in [0.4, 0.5) is 0 Å². The predicted molar refractivity (Wildman–Crippen MR) is 95.8 cm³/mol. The molecule has 0 unspecified atom stereocenters. The molecule has 0 radical (unpaired) electrons. The monoisotopic (exact) mass is 352 g/mol. The fourth-order valence-electron chi connectivity index (χ4n) is 3.65. The summed E-state index contributed by atoms with van der Waals surface area (Å²) in [6.07, 6.45) is 3.16. The van der Waals surface area contributed by atoms with Crippen molar-refractivity contribution in [1.29, 1.82) is 0 Å². The predicted octanol–water partition coefficient (Wildman–Crippen LogP) is 0.161. The van der Waals surface area contributed by atoms with Crippen molar-refractivity contribution in [2.24, 2.45) is 11.8 Å². The number of nitrogens with zero attached hydrogens (tertiary/aromatic N) is 3. The van der Waals surface area contributed by atoms with Gasteiger partial charge in [0, 0.05) is 58.0 Å². The van der Waals surface area contributed by atoms with Gasteiger partial charge in [0.1, 0.15) is 0 Å². The molecule has 142 valence electrons. The minimum Gasteiger partial charge on any atom is -0.355 e. The molecule has 1 aliphatic heterocycles. The fraction of sp³-hybridized carbons (Fsp3) is 0.833. The lowest BCUT2D eigenvalue weighted by Crippen LogP contribution is -2.52. The van der Waals surface area contributed by atoms with Gasteiger partial charge in [-0.25, -0.2) is 0 Å². The Balaban J connectivity index is 1.71. The maximum absolute atomic E-state index is 12.7. The van der Waals surface area contributed by atoms with Gasteiger partial charge < -0.3 is 20.0 Å². The summed E-state index contributed by atoms with van der Waals surface area (Å²) in [7, 11) is 3.97. The number of hydrogen-bond donors (Lipinski definition) is 1. The van der Waals surface area contributed by atoms with Crippen LogP contribution in [0.15, 0.2) is 0 Å². The van der Waals surface area contributed by atoms with Crippen LogP contribution in [0.3, 0.4) is 0 Å². The first kappa shape index (κ1) is 19.7. The van der Waals surface area contributed by atoms with Crippen LogP contribution in [0.2, 0.25) is 0 Å². The molecule has 2 rings (SSSR count). The van der Waals surface area contributed by atoms with Crippen molar-refractivity contribution in [3.63, 3.8) is 0 Å². The number of carbonyl (C=O) groups is 3. The van der Waals surface area contributed by atoms with Gasteiger partial charge in [-0.05, 0) is 39.8 Å². The summed E-state index contributed by atoms with van der Waals surface area (Å²) >= 11 is 0. The van der Waals surface area contributed by atoms with E-state index in [1.807, 2.05) is 23.9 Å². The van der Waals surface area contributed by atoms with E-state index in [9.17, 15) is 14.4 Å². The molecule has 0 aromatic rings. The second-order valence-corrected chi connectivity index (χ2v) is 7.47. The topological polar surface area (TPSA) is 73.0 Å². The van der Waals surface area contributed by atoms with Gasteiger partial charge in [-0.15, -0.1) is 0 Å². The lowest BCUT2D eigenvalue weighted by atomic mass is 9.81. The molecule has 0 aromatic carbocycles. The van der Waals surface area contributed by atoms with Crippen molar-refractivity contribution in [2.45, 2.75) is 32.6 Å². The standard InChI is InChI=1S/C18H32N4O3/c1-14(23)21-10-12-22(13-11-21)18(25)16-6-4-15(5-7-16)17(24)19-8-9-20(2)3/h15-16H,4-13H2,1-3H3,(H,19,24). The van der Waals surface area contributed by atoms with Crippen LogP contribution in [0.1, 0.15) is 32.6 Å². The van der Waals surface area contributed by atoms with E-state index in [1.165, 1.54) is 0 Å². The number of amides is 3. The Labute approximate surface area is 150 Å². The molecule has 25 heavy (non-hydrogen) atoms. The number of piperazine rings is 1. The van der Waals surface area contributed by atoms with Crippen molar-refractivity contribution in [3.8, 4) is 0 Å². The highest BCUT2D eigenvalue weighted by atomic mass is 16.2. The zero-order chi connectivity index (χ0) is 18.4. The zero-order valence-electron chi connectivity index (χ0n) is 15.8. The molecule has 2 fully saturated rings. The van der Waals surface area contributed by atoms with E-state index < -0.39 is 0 Å². The zero-order valence-corrected chi connectivity index (χ0v) is 15.8. The van der Waals surface area contributed by atoms with Crippen LogP contribution in [-0.2, 0) is 14.4 Å². The summed E-state index contributed by atoms with van der Waals surface area (Å²) in [6.45, 7) is 5.60. The van der Waals surface area contributed by atoms with Gasteiger partial charge in [0.15, 0.2) is 0 Å². The van der Waals surface area contributed by atoms with E-state index in [4.69, 9.17) is 0 Å². The molecule has 0 spiro atoms. The lowest BCUT2D eigenvalue weighted by molar-refractivity contribution is -0.143. The molecule has 7 nitrogen and oxygen atoms in total. The molecule has 1 saturated heterocycles. The van der Waals surface area contributed by atoms with Crippen molar-refractivity contribution in [2.75, 3.05) is 53.4 Å². The van der Waals surface area contributed by atoms with Crippen LogP contribution in [0.5, 0.6) is 0 Å². The molecule has 7 heteroatoms. The van der Waals surface area contributed by atoms with Crippen LogP contribution in [0.25, 0.3) is 0 Å². The highest BCUT2D eigenvalue weighted by Gasteiger charge is 2.33. The first-order valence-electron chi connectivity index (χ1n) is 9.35. The molecule has 0 aromatic heterocycles. The highest BCUT2D eigenvalue weighted by molar-refractivity contribution is 5.81. The number of carbonyl (C=O) groups excluding carboxylic acids is 3. The van der Waals surface area contributed by atoms with Crippen LogP contribution in [0, 0.1) is 11.8 Å². The van der Waals surface area contributed by atoms with E-state index in [0.29, 0.717) is 32.7 Å². The third kappa shape index (κ3) is 5.70. The van der Waals surface area contributed by atoms with Crippen LogP contribution < -0.4 is 5.32 Å². The molecule has 1 N–H and O–H groups in total. The summed E-state index contributed by atoms with van der Waals surface area (Å²) in [5, 5.41) is 2.99. The Kier molecular flexibility index (Phi) is 7.23. The summed E-state index contributed by atoms with van der Waals surface area (Å²) in [6, 6.07) is 0. The largest absolute Gasteiger partial charge is 0.355 e. The molecule has 0 bridgehead atoms. The molecule has 1 saturated carbocycles. The summed E-state index contributed by atoms with van der Waals surface area (Å²) in [4.78, 5) is 42.0. The fourth-order valence-corrected chi connectivity index (χ4v) is 3.65. The van der Waals surface area contributed by atoms with E-state index in [2.05, 4.69) is 5.32 Å². The van der Waals surface area contributed by atoms with Crippen molar-refractivity contribution >= 4 is 17.7 Å². The third-order valence-corrected chi connectivity index (χ3v) is 5.34. The molecule has 0 atom stereocenters. The summed E-state index contributed by atoms with van der Waals surface area (Å²) in [5.74, 6) is 0.487. The number of likely N-dealkylation sites (N-methyl/N-ethyl adjacent to an activating group) is 1. The Morgan fingerprint density at radius 1 is 0.920 bits per heavy atom. The third-order valence-electron chi connectivity index (χ3n) is 5.34. The lowest BCUT2D eigenvalue weighted by Gasteiger charge is -2.37. The van der Waals surface area contributed by atoms with E-state index in [-0.39, 0.29) is 29.6 Å². The number of hydrogen-bond acceptors (Lipinski definition) is 4. The minimum atomic E-state index is 0.0368. The second-order valence-electron chi connectivity index (χ2n) is 7.47. The second kappa shape index (κ2) is 9.17. The smallest absolute Gasteiger partial charge is 0.225 e. The van der Waals surface area contributed by atoms with Crippen LogP contribution in [-0.4, -0.2) is 85.8 Å². The molecule has 1 heterocycles. The number of nitrogens with one attached hydrogen (secondary N) is 1. The maximum atomic E-state index is 12.7. The molecular formula is C18H32N4O3. The Bertz CT molecular complexity index is 479. The normalized spacial score (nSPS) is 24.3. The highest BCUT2D eigenvalue weighted by Crippen LogP contribution is 2.30. The maximum Gasteiger partial charge on any atom is 0.225 e. The molecule has 2 aliphatic rings. The first-order valence-corrected chi connectivity index (χ1v) is 9.35. The SMILES string of the molecule is CC(=O)N1CCN(C(=O)C2CCC(C(=O)NCCN(C)C)CC2)CC1. The average molecular weight is 352 g/mol. The average Bonchev–Trinajstić information content (AvgIpc) is 2.61. The summed E-state index contributed by atoms with van der Waals surface area (Å²) in [5.41, 5.74) is 0. The summed E-state index contributed by atoms with van der Waals surface area (Å²) < 4.78 is 0. The number of rotatable bonds is 5.